The number of carbonyl (C=O) groups is 1. The van der Waals surface area contributed by atoms with Gasteiger partial charge in [-0.2, -0.15) is 0 Å². The molecular weight excluding hydrogens is 242 g/mol. The molecule has 2 aromatic heterocycles. The Morgan fingerprint density at radius 1 is 1.42 bits per heavy atom. The SMILES string of the molecule is COC(=O)c1cccc2nc(C3CCNCC3)cn12. The third-order valence-electron chi connectivity index (χ3n) is 3.66. The first-order valence-electron chi connectivity index (χ1n) is 6.56. The van der Waals surface area contributed by atoms with Crippen molar-refractivity contribution in [3.05, 3.63) is 35.8 Å². The number of ether oxygens (including phenoxy) is 1. The molecule has 0 spiro atoms. The Morgan fingerprint density at radius 3 is 2.95 bits per heavy atom. The van der Waals surface area contributed by atoms with Gasteiger partial charge >= 0.3 is 5.97 Å². The Morgan fingerprint density at radius 2 is 2.21 bits per heavy atom. The van der Waals surface area contributed by atoms with Crippen LogP contribution in [0.3, 0.4) is 0 Å². The van der Waals surface area contributed by atoms with Gasteiger partial charge in [0, 0.05) is 12.1 Å². The summed E-state index contributed by atoms with van der Waals surface area (Å²) in [6.07, 6.45) is 4.16. The molecule has 1 fully saturated rings. The minimum Gasteiger partial charge on any atom is -0.464 e. The number of fused-ring (bicyclic) bond motifs is 1. The summed E-state index contributed by atoms with van der Waals surface area (Å²) >= 11 is 0. The standard InChI is InChI=1S/C14H17N3O2/c1-19-14(18)12-3-2-4-13-16-11(9-17(12)13)10-5-7-15-8-6-10/h2-4,9-10,15H,5-8H2,1H3. The number of nitrogens with zero attached hydrogens (tertiary/aromatic N) is 2. The van der Waals surface area contributed by atoms with Crippen molar-refractivity contribution in [1.82, 2.24) is 14.7 Å². The Balaban J connectivity index is 2.02. The molecule has 0 saturated carbocycles. The van der Waals surface area contributed by atoms with Gasteiger partial charge in [0.1, 0.15) is 11.3 Å². The first-order valence-corrected chi connectivity index (χ1v) is 6.56. The number of imidazole rings is 1. The lowest BCUT2D eigenvalue weighted by atomic mass is 9.95. The zero-order valence-corrected chi connectivity index (χ0v) is 10.9. The second-order valence-corrected chi connectivity index (χ2v) is 4.82. The molecule has 1 N–H and O–H groups in total. The topological polar surface area (TPSA) is 55.6 Å². The summed E-state index contributed by atoms with van der Waals surface area (Å²) in [7, 11) is 1.39. The quantitative estimate of drug-likeness (QED) is 0.832. The van der Waals surface area contributed by atoms with Gasteiger partial charge in [0.15, 0.2) is 0 Å². The second kappa shape index (κ2) is 5.01. The van der Waals surface area contributed by atoms with Crippen molar-refractivity contribution in [2.75, 3.05) is 20.2 Å². The predicted molar refractivity (Wildman–Crippen MR) is 71.4 cm³/mol. The molecule has 0 bridgehead atoms. The third-order valence-corrected chi connectivity index (χ3v) is 3.66. The van der Waals surface area contributed by atoms with Crippen molar-refractivity contribution in [3.63, 3.8) is 0 Å². The van der Waals surface area contributed by atoms with E-state index in [1.165, 1.54) is 7.11 Å². The fourth-order valence-electron chi connectivity index (χ4n) is 2.61. The lowest BCUT2D eigenvalue weighted by molar-refractivity contribution is 0.0592. The maximum atomic E-state index is 11.7. The van der Waals surface area contributed by atoms with Crippen molar-refractivity contribution in [2.24, 2.45) is 0 Å². The summed E-state index contributed by atoms with van der Waals surface area (Å²) in [5.41, 5.74) is 2.39. The van der Waals surface area contributed by atoms with Crippen LogP contribution >= 0.6 is 0 Å². The van der Waals surface area contributed by atoms with Crippen molar-refractivity contribution in [1.29, 1.82) is 0 Å². The average molecular weight is 259 g/mol. The number of piperidine rings is 1. The fourth-order valence-corrected chi connectivity index (χ4v) is 2.61. The number of nitrogens with one attached hydrogen (secondary N) is 1. The average Bonchev–Trinajstić information content (AvgIpc) is 2.91. The van der Waals surface area contributed by atoms with Crippen LogP contribution in [-0.4, -0.2) is 35.6 Å². The van der Waals surface area contributed by atoms with Gasteiger partial charge in [0.25, 0.3) is 0 Å². The second-order valence-electron chi connectivity index (χ2n) is 4.82. The lowest BCUT2D eigenvalue weighted by Gasteiger charge is -2.20. The number of esters is 1. The number of hydrogen-bond donors (Lipinski definition) is 1. The lowest BCUT2D eigenvalue weighted by Crippen LogP contribution is -2.26. The predicted octanol–water partition coefficient (Wildman–Crippen LogP) is 1.59. The Bertz CT molecular complexity index is 600. The number of methoxy groups -OCH3 is 1. The minimum absolute atomic E-state index is 0.333. The van der Waals surface area contributed by atoms with E-state index in [0.29, 0.717) is 11.6 Å². The van der Waals surface area contributed by atoms with Gasteiger partial charge in [-0.15, -0.1) is 0 Å². The first kappa shape index (κ1) is 12.2. The molecule has 19 heavy (non-hydrogen) atoms. The molecule has 0 radical (unpaired) electrons. The van der Waals surface area contributed by atoms with Gasteiger partial charge in [-0.1, -0.05) is 6.07 Å². The van der Waals surface area contributed by atoms with E-state index in [4.69, 9.17) is 4.74 Å². The van der Waals surface area contributed by atoms with E-state index in [1.54, 1.807) is 6.07 Å². The zero-order valence-electron chi connectivity index (χ0n) is 10.9. The van der Waals surface area contributed by atoms with E-state index in [-0.39, 0.29) is 5.97 Å². The van der Waals surface area contributed by atoms with E-state index in [0.717, 1.165) is 37.3 Å². The summed E-state index contributed by atoms with van der Waals surface area (Å²) < 4.78 is 6.62. The zero-order chi connectivity index (χ0) is 13.2. The highest BCUT2D eigenvalue weighted by molar-refractivity contribution is 5.88. The molecular formula is C14H17N3O2. The van der Waals surface area contributed by atoms with Crippen LogP contribution in [0.4, 0.5) is 0 Å². The molecule has 0 amide bonds. The summed E-state index contributed by atoms with van der Waals surface area (Å²) in [5.74, 6) is 0.145. The van der Waals surface area contributed by atoms with Crippen molar-refractivity contribution in [2.45, 2.75) is 18.8 Å². The van der Waals surface area contributed by atoms with Crippen LogP contribution in [0.2, 0.25) is 0 Å². The van der Waals surface area contributed by atoms with Crippen LogP contribution in [0.5, 0.6) is 0 Å². The Labute approximate surface area is 111 Å². The van der Waals surface area contributed by atoms with Gasteiger partial charge in [-0.05, 0) is 38.1 Å². The van der Waals surface area contributed by atoms with Gasteiger partial charge in [0.2, 0.25) is 0 Å². The molecule has 1 aliphatic rings. The van der Waals surface area contributed by atoms with Crippen LogP contribution < -0.4 is 5.32 Å². The highest BCUT2D eigenvalue weighted by Crippen LogP contribution is 2.25. The largest absolute Gasteiger partial charge is 0.464 e. The van der Waals surface area contributed by atoms with Crippen molar-refractivity contribution < 1.29 is 9.53 Å². The minimum atomic E-state index is -0.333. The number of aromatic nitrogens is 2. The molecule has 0 unspecified atom stereocenters. The van der Waals surface area contributed by atoms with Gasteiger partial charge in [-0.3, -0.25) is 4.40 Å². The van der Waals surface area contributed by atoms with Crippen LogP contribution in [0.15, 0.2) is 24.4 Å². The number of carbonyl (C=O) groups excluding carboxylic acids is 1. The highest BCUT2D eigenvalue weighted by atomic mass is 16.5. The maximum Gasteiger partial charge on any atom is 0.355 e. The molecule has 100 valence electrons. The number of hydrogen-bond acceptors (Lipinski definition) is 4. The molecule has 5 heteroatoms. The van der Waals surface area contributed by atoms with E-state index in [1.807, 2.05) is 22.7 Å². The van der Waals surface area contributed by atoms with E-state index in [2.05, 4.69) is 10.3 Å². The monoisotopic (exact) mass is 259 g/mol. The van der Waals surface area contributed by atoms with Gasteiger partial charge in [0.05, 0.1) is 12.8 Å². The summed E-state index contributed by atoms with van der Waals surface area (Å²) in [6, 6.07) is 5.50. The van der Waals surface area contributed by atoms with E-state index in [9.17, 15) is 4.79 Å². The van der Waals surface area contributed by atoms with Crippen molar-refractivity contribution >= 4 is 11.6 Å². The Hall–Kier alpha value is -1.88. The van der Waals surface area contributed by atoms with E-state index < -0.39 is 0 Å². The number of rotatable bonds is 2. The van der Waals surface area contributed by atoms with Crippen LogP contribution in [0.25, 0.3) is 5.65 Å². The summed E-state index contributed by atoms with van der Waals surface area (Å²) in [4.78, 5) is 16.4. The van der Waals surface area contributed by atoms with Crippen LogP contribution in [-0.2, 0) is 4.74 Å². The van der Waals surface area contributed by atoms with Crippen LogP contribution in [0, 0.1) is 0 Å². The first-order chi connectivity index (χ1) is 9.29. The summed E-state index contributed by atoms with van der Waals surface area (Å²) in [6.45, 7) is 2.06. The fraction of sp³-hybridized carbons (Fsp3) is 0.429. The Kier molecular flexibility index (Phi) is 3.21. The molecule has 5 nitrogen and oxygen atoms in total. The molecule has 2 aromatic rings. The highest BCUT2D eigenvalue weighted by Gasteiger charge is 2.19. The maximum absolute atomic E-state index is 11.7. The van der Waals surface area contributed by atoms with E-state index >= 15 is 0 Å². The molecule has 0 aromatic carbocycles. The van der Waals surface area contributed by atoms with Gasteiger partial charge in [-0.25, -0.2) is 9.78 Å². The molecule has 1 aliphatic heterocycles. The molecule has 0 aliphatic carbocycles. The summed E-state index contributed by atoms with van der Waals surface area (Å²) in [5, 5.41) is 3.35. The molecule has 3 rings (SSSR count). The smallest absolute Gasteiger partial charge is 0.355 e. The molecule has 0 atom stereocenters. The molecule has 3 heterocycles. The van der Waals surface area contributed by atoms with Crippen LogP contribution in [0.1, 0.15) is 34.9 Å². The molecule has 1 saturated heterocycles. The van der Waals surface area contributed by atoms with Gasteiger partial charge < -0.3 is 10.1 Å². The number of pyridine rings is 1. The third kappa shape index (κ3) is 2.21. The van der Waals surface area contributed by atoms with Crippen molar-refractivity contribution in [3.8, 4) is 0 Å². The normalized spacial score (nSPS) is 16.7.